The van der Waals surface area contributed by atoms with E-state index in [0.29, 0.717) is 23.8 Å². The summed E-state index contributed by atoms with van der Waals surface area (Å²) in [6, 6.07) is 15.8. The molecule has 2 amide bonds. The molecule has 5 rings (SSSR count). The maximum atomic E-state index is 12.8. The molecule has 0 bridgehead atoms. The summed E-state index contributed by atoms with van der Waals surface area (Å²) < 4.78 is 38.5. The summed E-state index contributed by atoms with van der Waals surface area (Å²) in [5.41, 5.74) is 0.660. The Kier molecular flexibility index (Phi) is 6.57. The van der Waals surface area contributed by atoms with Gasteiger partial charge in [-0.1, -0.05) is 36.4 Å². The number of anilines is 1. The molecule has 1 aliphatic heterocycles. The molecule has 2 N–H and O–H groups in total. The molecule has 3 atom stereocenters. The van der Waals surface area contributed by atoms with Crippen LogP contribution in [0.1, 0.15) is 42.7 Å². The topological polar surface area (TPSA) is 61.4 Å². The number of hydrogen-bond acceptors (Lipinski definition) is 3. The zero-order valence-electron chi connectivity index (χ0n) is 19.4. The van der Waals surface area contributed by atoms with Crippen LogP contribution in [0.25, 0.3) is 0 Å². The number of alkyl halides is 3. The number of likely N-dealkylation sites (tertiary alicyclic amines) is 1. The molecule has 0 radical (unpaired) electrons. The standard InChI is InChI=1S/C27H30F3N3O2/c28-27(29,30)19-7-4-8-20(13-19)32-24(34)14-31-26(35)25-22-15-33(16-23(22)25)21-11-9-18(10-12-21)17-5-2-1-3-6-17/h1-8,13,18,21-23,25H,9-12,14-16H2,(H,31,35)(H,32,34)/t18?,21?,22-,23+,25+. The van der Waals surface area contributed by atoms with Gasteiger partial charge in [0.2, 0.25) is 11.8 Å². The van der Waals surface area contributed by atoms with E-state index in [1.165, 1.54) is 43.4 Å². The fourth-order valence-electron chi connectivity index (χ4n) is 6.01. The van der Waals surface area contributed by atoms with Gasteiger partial charge < -0.3 is 10.6 Å². The highest BCUT2D eigenvalue weighted by Crippen LogP contribution is 2.53. The van der Waals surface area contributed by atoms with Crippen LogP contribution in [0.2, 0.25) is 0 Å². The van der Waals surface area contributed by atoms with Crippen molar-refractivity contribution in [2.24, 2.45) is 17.8 Å². The van der Waals surface area contributed by atoms with Gasteiger partial charge in [0.1, 0.15) is 0 Å². The minimum Gasteiger partial charge on any atom is -0.347 e. The molecule has 0 spiro atoms. The Morgan fingerprint density at radius 1 is 0.914 bits per heavy atom. The number of benzene rings is 2. The molecule has 3 fully saturated rings. The molecule has 0 unspecified atom stereocenters. The van der Waals surface area contributed by atoms with Crippen LogP contribution in [0, 0.1) is 17.8 Å². The first-order valence-electron chi connectivity index (χ1n) is 12.3. The van der Waals surface area contributed by atoms with Gasteiger partial charge in [0.25, 0.3) is 0 Å². The fraction of sp³-hybridized carbons (Fsp3) is 0.481. The molecule has 2 aromatic rings. The molecule has 186 valence electrons. The highest BCUT2D eigenvalue weighted by atomic mass is 19.4. The number of halogens is 3. The maximum absolute atomic E-state index is 12.8. The molecular formula is C27H30F3N3O2. The quantitative estimate of drug-likeness (QED) is 0.626. The van der Waals surface area contributed by atoms with E-state index in [2.05, 4.69) is 45.9 Å². The number of piperidine rings is 1. The third-order valence-corrected chi connectivity index (χ3v) is 7.91. The Balaban J connectivity index is 1.03. The Labute approximate surface area is 203 Å². The summed E-state index contributed by atoms with van der Waals surface area (Å²) in [4.78, 5) is 27.3. The van der Waals surface area contributed by atoms with Gasteiger partial charge >= 0.3 is 6.18 Å². The summed E-state index contributed by atoms with van der Waals surface area (Å²) in [6.07, 6.45) is 0.293. The van der Waals surface area contributed by atoms with Gasteiger partial charge in [-0.15, -0.1) is 0 Å². The molecule has 5 nitrogen and oxygen atoms in total. The van der Waals surface area contributed by atoms with Gasteiger partial charge in [-0.3, -0.25) is 14.5 Å². The van der Waals surface area contributed by atoms with E-state index >= 15 is 0 Å². The van der Waals surface area contributed by atoms with Crippen molar-refractivity contribution in [3.8, 4) is 0 Å². The number of carbonyl (C=O) groups is 2. The summed E-state index contributed by atoms with van der Waals surface area (Å²) in [7, 11) is 0. The van der Waals surface area contributed by atoms with Crippen LogP contribution in [-0.4, -0.2) is 42.4 Å². The Hall–Kier alpha value is -2.87. The maximum Gasteiger partial charge on any atom is 0.416 e. The number of fused-ring (bicyclic) bond motifs is 1. The number of carbonyl (C=O) groups excluding carboxylic acids is 2. The molecule has 8 heteroatoms. The van der Waals surface area contributed by atoms with Crippen LogP contribution in [0.5, 0.6) is 0 Å². The van der Waals surface area contributed by atoms with Crippen LogP contribution in [0.15, 0.2) is 54.6 Å². The minimum atomic E-state index is -4.48. The summed E-state index contributed by atoms with van der Waals surface area (Å²) in [5.74, 6) is 0.590. The number of nitrogens with one attached hydrogen (secondary N) is 2. The van der Waals surface area contributed by atoms with Crippen molar-refractivity contribution in [2.75, 3.05) is 25.0 Å². The molecule has 1 heterocycles. The van der Waals surface area contributed by atoms with Crippen molar-refractivity contribution in [1.82, 2.24) is 10.2 Å². The van der Waals surface area contributed by atoms with Gasteiger partial charge in [-0.25, -0.2) is 0 Å². The van der Waals surface area contributed by atoms with Crippen molar-refractivity contribution in [3.05, 3.63) is 65.7 Å². The molecule has 35 heavy (non-hydrogen) atoms. The normalized spacial score (nSPS) is 28.3. The number of amides is 2. The zero-order valence-corrected chi connectivity index (χ0v) is 19.4. The van der Waals surface area contributed by atoms with Crippen molar-refractivity contribution in [2.45, 2.75) is 43.8 Å². The highest BCUT2D eigenvalue weighted by Gasteiger charge is 2.60. The van der Waals surface area contributed by atoms with E-state index in [-0.39, 0.29) is 24.1 Å². The van der Waals surface area contributed by atoms with E-state index in [1.807, 2.05) is 0 Å². The second kappa shape index (κ2) is 9.64. The van der Waals surface area contributed by atoms with E-state index in [0.717, 1.165) is 25.2 Å². The lowest BCUT2D eigenvalue weighted by molar-refractivity contribution is -0.137. The van der Waals surface area contributed by atoms with Gasteiger partial charge in [-0.05, 0) is 67.2 Å². The first kappa shape index (κ1) is 23.9. The minimum absolute atomic E-state index is 0.0555. The van der Waals surface area contributed by atoms with Crippen LogP contribution < -0.4 is 10.6 Å². The van der Waals surface area contributed by atoms with Crippen LogP contribution >= 0.6 is 0 Å². The largest absolute Gasteiger partial charge is 0.416 e. The molecular weight excluding hydrogens is 455 g/mol. The number of hydrogen-bond donors (Lipinski definition) is 2. The first-order chi connectivity index (χ1) is 16.8. The highest BCUT2D eigenvalue weighted by molar-refractivity contribution is 5.95. The van der Waals surface area contributed by atoms with E-state index < -0.39 is 17.6 Å². The Morgan fingerprint density at radius 2 is 1.60 bits per heavy atom. The predicted octanol–water partition coefficient (Wildman–Crippen LogP) is 4.66. The van der Waals surface area contributed by atoms with Crippen LogP contribution in [0.3, 0.4) is 0 Å². The predicted molar refractivity (Wildman–Crippen MR) is 127 cm³/mol. The van der Waals surface area contributed by atoms with Crippen molar-refractivity contribution >= 4 is 17.5 Å². The van der Waals surface area contributed by atoms with Gasteiger partial charge in [0, 0.05) is 30.7 Å². The first-order valence-corrected chi connectivity index (χ1v) is 12.3. The molecule has 2 aromatic carbocycles. The average Bonchev–Trinajstić information content (AvgIpc) is 3.36. The molecule has 2 saturated carbocycles. The second-order valence-electron chi connectivity index (χ2n) is 10.1. The lowest BCUT2D eigenvalue weighted by Gasteiger charge is -2.36. The zero-order chi connectivity index (χ0) is 24.6. The third kappa shape index (κ3) is 5.37. The Morgan fingerprint density at radius 3 is 2.26 bits per heavy atom. The van der Waals surface area contributed by atoms with Gasteiger partial charge in [0.15, 0.2) is 0 Å². The summed E-state index contributed by atoms with van der Waals surface area (Å²) in [6.45, 7) is 1.61. The van der Waals surface area contributed by atoms with E-state index in [1.54, 1.807) is 0 Å². The van der Waals surface area contributed by atoms with Crippen LogP contribution in [-0.2, 0) is 15.8 Å². The molecule has 1 saturated heterocycles. The molecule has 0 aromatic heterocycles. The monoisotopic (exact) mass is 485 g/mol. The van der Waals surface area contributed by atoms with Crippen molar-refractivity contribution < 1.29 is 22.8 Å². The SMILES string of the molecule is O=C(CNC(=O)[C@H]1[C@@H]2CN(C3CCC(c4ccccc4)CC3)C[C@@H]21)Nc1cccc(C(F)(F)F)c1. The third-order valence-electron chi connectivity index (χ3n) is 7.91. The van der Waals surface area contributed by atoms with Crippen molar-refractivity contribution in [3.63, 3.8) is 0 Å². The average molecular weight is 486 g/mol. The number of rotatable bonds is 6. The van der Waals surface area contributed by atoms with Crippen molar-refractivity contribution in [1.29, 1.82) is 0 Å². The summed E-state index contributed by atoms with van der Waals surface area (Å²) >= 11 is 0. The summed E-state index contributed by atoms with van der Waals surface area (Å²) in [5, 5.41) is 5.09. The number of nitrogens with zero attached hydrogens (tertiary/aromatic N) is 1. The lowest BCUT2D eigenvalue weighted by atomic mass is 9.81. The smallest absolute Gasteiger partial charge is 0.347 e. The van der Waals surface area contributed by atoms with Gasteiger partial charge in [-0.2, -0.15) is 13.2 Å². The van der Waals surface area contributed by atoms with E-state index in [4.69, 9.17) is 0 Å². The van der Waals surface area contributed by atoms with E-state index in [9.17, 15) is 22.8 Å². The lowest BCUT2D eigenvalue weighted by Crippen LogP contribution is -2.40. The molecule has 2 aliphatic carbocycles. The van der Waals surface area contributed by atoms with Gasteiger partial charge in [0.05, 0.1) is 12.1 Å². The second-order valence-corrected chi connectivity index (χ2v) is 10.1. The Bertz CT molecular complexity index is 1050. The van der Waals surface area contributed by atoms with Crippen LogP contribution in [0.4, 0.5) is 18.9 Å². The fourth-order valence-corrected chi connectivity index (χ4v) is 6.01. The molecule has 3 aliphatic rings.